The summed E-state index contributed by atoms with van der Waals surface area (Å²) in [6.07, 6.45) is 0.255. The summed E-state index contributed by atoms with van der Waals surface area (Å²) in [6.45, 7) is 4.00. The van der Waals surface area contributed by atoms with Crippen LogP contribution in [0.3, 0.4) is 0 Å². The molecule has 4 rings (SSSR count). The van der Waals surface area contributed by atoms with E-state index < -0.39 is 11.9 Å². The molecule has 2 amide bonds. The number of carbonyl (C=O) groups is 2. The lowest BCUT2D eigenvalue weighted by atomic mass is 10.0. The maximum absolute atomic E-state index is 12.6. The first kappa shape index (κ1) is 23.9. The number of rotatable bonds is 9. The molecule has 7 heteroatoms. The number of nitrogens with zero attached hydrogens (tertiary/aromatic N) is 2. The maximum Gasteiger partial charge on any atom is 0.240 e. The third-order valence-corrected chi connectivity index (χ3v) is 5.78. The van der Waals surface area contributed by atoms with Gasteiger partial charge in [0.05, 0.1) is 18.5 Å². The van der Waals surface area contributed by atoms with Gasteiger partial charge in [0.1, 0.15) is 11.9 Å². The molecule has 0 saturated carbocycles. The Morgan fingerprint density at radius 2 is 1.51 bits per heavy atom. The average Bonchev–Trinajstić information content (AvgIpc) is 2.86. The van der Waals surface area contributed by atoms with Crippen molar-refractivity contribution in [2.24, 2.45) is 11.7 Å². The van der Waals surface area contributed by atoms with Gasteiger partial charge in [0, 0.05) is 5.39 Å². The molecule has 3 aromatic carbocycles. The fourth-order valence-electron chi connectivity index (χ4n) is 3.90. The molecule has 1 heterocycles. The van der Waals surface area contributed by atoms with Gasteiger partial charge in [-0.2, -0.15) is 0 Å². The number of aromatic nitrogens is 2. The highest BCUT2D eigenvalue weighted by Gasteiger charge is 2.21. The van der Waals surface area contributed by atoms with E-state index >= 15 is 0 Å². The molecule has 4 aromatic rings. The van der Waals surface area contributed by atoms with Crippen LogP contribution >= 0.6 is 0 Å². The smallest absolute Gasteiger partial charge is 0.240 e. The number of nitrogens with two attached hydrogens (primary N) is 1. The molecule has 0 radical (unpaired) electrons. The molecule has 0 unspecified atom stereocenters. The number of carbonyl (C=O) groups excluding carboxylic acids is 2. The number of primary amides is 1. The average molecular weight is 468 g/mol. The van der Waals surface area contributed by atoms with E-state index in [0.717, 1.165) is 27.6 Å². The van der Waals surface area contributed by atoms with Crippen molar-refractivity contribution in [3.63, 3.8) is 0 Å². The fourth-order valence-corrected chi connectivity index (χ4v) is 3.90. The molecule has 0 bridgehead atoms. The van der Waals surface area contributed by atoms with Gasteiger partial charge in [-0.1, -0.05) is 80.6 Å². The molecule has 1 atom stereocenters. The molecule has 1 aromatic heterocycles. The van der Waals surface area contributed by atoms with Crippen LogP contribution in [-0.4, -0.2) is 27.8 Å². The minimum atomic E-state index is -0.574. The number of fused-ring (bicyclic) bond motifs is 1. The summed E-state index contributed by atoms with van der Waals surface area (Å²) in [6, 6.07) is 25.0. The van der Waals surface area contributed by atoms with Crippen molar-refractivity contribution in [2.45, 2.75) is 32.9 Å². The van der Waals surface area contributed by atoms with Gasteiger partial charge in [-0.25, -0.2) is 9.97 Å². The predicted octanol–water partition coefficient (Wildman–Crippen LogP) is 4.08. The lowest BCUT2D eigenvalue weighted by Crippen LogP contribution is -2.40. The number of nitrogens with one attached hydrogen (secondary N) is 2. The van der Waals surface area contributed by atoms with Gasteiger partial charge in [-0.15, -0.1) is 0 Å². The van der Waals surface area contributed by atoms with Gasteiger partial charge >= 0.3 is 0 Å². The van der Waals surface area contributed by atoms with E-state index in [1.54, 1.807) is 0 Å². The maximum atomic E-state index is 12.6. The molecule has 4 N–H and O–H groups in total. The molecular formula is C28H29N5O2. The van der Waals surface area contributed by atoms with E-state index in [1.165, 1.54) is 0 Å². The highest BCUT2D eigenvalue weighted by atomic mass is 16.2. The van der Waals surface area contributed by atoms with E-state index in [1.807, 2.05) is 80.6 Å². The third kappa shape index (κ3) is 6.00. The minimum Gasteiger partial charge on any atom is -0.368 e. The monoisotopic (exact) mass is 467 g/mol. The van der Waals surface area contributed by atoms with Crippen molar-refractivity contribution >= 4 is 28.5 Å². The summed E-state index contributed by atoms with van der Waals surface area (Å²) in [5.74, 6) is 0.384. The van der Waals surface area contributed by atoms with Crippen LogP contribution in [0.2, 0.25) is 0 Å². The van der Waals surface area contributed by atoms with Crippen LogP contribution in [-0.2, 0) is 22.6 Å². The molecule has 0 aliphatic rings. The van der Waals surface area contributed by atoms with Gasteiger partial charge < -0.3 is 16.4 Å². The van der Waals surface area contributed by atoms with E-state index in [2.05, 4.69) is 32.7 Å². The topological polar surface area (TPSA) is 110 Å². The molecule has 0 aliphatic heterocycles. The molecule has 0 saturated heterocycles. The molecule has 178 valence electrons. The first-order chi connectivity index (χ1) is 16.9. The second kappa shape index (κ2) is 10.8. The molecule has 0 aliphatic carbocycles. The summed E-state index contributed by atoms with van der Waals surface area (Å²) in [7, 11) is 0. The molecule has 35 heavy (non-hydrogen) atoms. The second-order valence-electron chi connectivity index (χ2n) is 8.79. The Bertz CT molecular complexity index is 1320. The molecular weight excluding hydrogens is 438 g/mol. The van der Waals surface area contributed by atoms with Gasteiger partial charge in [0.25, 0.3) is 0 Å². The summed E-state index contributed by atoms with van der Waals surface area (Å²) in [5.41, 5.74) is 9.46. The van der Waals surface area contributed by atoms with Crippen LogP contribution in [0, 0.1) is 5.92 Å². The van der Waals surface area contributed by atoms with Gasteiger partial charge in [0.2, 0.25) is 11.8 Å². The van der Waals surface area contributed by atoms with E-state index in [0.29, 0.717) is 11.6 Å². The Morgan fingerprint density at radius 1 is 0.857 bits per heavy atom. The van der Waals surface area contributed by atoms with Crippen LogP contribution < -0.4 is 16.4 Å². The predicted molar refractivity (Wildman–Crippen MR) is 138 cm³/mol. The zero-order valence-electron chi connectivity index (χ0n) is 19.9. The third-order valence-electron chi connectivity index (χ3n) is 5.78. The Morgan fingerprint density at radius 3 is 2.20 bits per heavy atom. The first-order valence-corrected chi connectivity index (χ1v) is 11.6. The highest BCUT2D eigenvalue weighted by Crippen LogP contribution is 2.22. The van der Waals surface area contributed by atoms with Crippen molar-refractivity contribution in [1.29, 1.82) is 0 Å². The van der Waals surface area contributed by atoms with Gasteiger partial charge in [0.15, 0.2) is 5.82 Å². The Kier molecular flexibility index (Phi) is 7.35. The summed E-state index contributed by atoms with van der Waals surface area (Å²) >= 11 is 0. The highest BCUT2D eigenvalue weighted by molar-refractivity contribution is 5.92. The number of amides is 2. The Hall–Kier alpha value is -4.26. The van der Waals surface area contributed by atoms with E-state index in [4.69, 9.17) is 5.73 Å². The lowest BCUT2D eigenvalue weighted by Gasteiger charge is -2.21. The zero-order valence-corrected chi connectivity index (χ0v) is 19.9. The first-order valence-electron chi connectivity index (χ1n) is 11.6. The van der Waals surface area contributed by atoms with Crippen molar-refractivity contribution < 1.29 is 9.59 Å². The van der Waals surface area contributed by atoms with Crippen LogP contribution in [0.15, 0.2) is 78.9 Å². The summed E-state index contributed by atoms with van der Waals surface area (Å²) in [4.78, 5) is 33.7. The zero-order chi connectivity index (χ0) is 24.8. The lowest BCUT2D eigenvalue weighted by molar-refractivity contribution is -0.121. The van der Waals surface area contributed by atoms with Crippen LogP contribution in [0.1, 0.15) is 25.2 Å². The number of benzene rings is 3. The minimum absolute atomic E-state index is 0.0161. The number of para-hydroxylation sites is 1. The second-order valence-corrected chi connectivity index (χ2v) is 8.79. The van der Waals surface area contributed by atoms with E-state index in [9.17, 15) is 9.59 Å². The van der Waals surface area contributed by atoms with E-state index in [-0.39, 0.29) is 24.8 Å². The normalized spacial score (nSPS) is 11.9. The summed E-state index contributed by atoms with van der Waals surface area (Å²) < 4.78 is 0. The summed E-state index contributed by atoms with van der Waals surface area (Å²) in [5, 5.41) is 6.86. The van der Waals surface area contributed by atoms with Crippen molar-refractivity contribution in [1.82, 2.24) is 15.3 Å². The number of anilines is 1. The molecule has 0 fully saturated rings. The van der Waals surface area contributed by atoms with Gasteiger partial charge in [-0.05, 0) is 34.7 Å². The number of hydrogen-bond donors (Lipinski definition) is 3. The Labute approximate surface area is 204 Å². The largest absolute Gasteiger partial charge is 0.368 e. The van der Waals surface area contributed by atoms with Crippen molar-refractivity contribution in [3.05, 3.63) is 90.3 Å². The quantitative estimate of drug-likeness (QED) is 0.344. The van der Waals surface area contributed by atoms with Crippen molar-refractivity contribution in [3.8, 4) is 11.1 Å². The van der Waals surface area contributed by atoms with Crippen LogP contribution in [0.4, 0.5) is 5.82 Å². The number of hydrogen-bond acceptors (Lipinski definition) is 5. The molecule has 7 nitrogen and oxygen atoms in total. The standard InChI is InChI=1S/C28H29N5O2/c1-18(2)26(27(29)35)33-28-22-10-6-7-11-23(22)31-24(32-28)17-30-25(34)16-19-12-14-21(15-13-19)20-8-4-3-5-9-20/h3-15,18,26H,16-17H2,1-2H3,(H2,29,35)(H,30,34)(H,31,32,33)/t26-/m0/s1. The van der Waals surface area contributed by atoms with Gasteiger partial charge in [-0.3, -0.25) is 9.59 Å². The Balaban J connectivity index is 1.45. The van der Waals surface area contributed by atoms with Crippen molar-refractivity contribution in [2.75, 3.05) is 5.32 Å². The van der Waals surface area contributed by atoms with Crippen LogP contribution in [0.5, 0.6) is 0 Å². The SMILES string of the molecule is CC(C)[C@H](Nc1nc(CNC(=O)Cc2ccc(-c3ccccc3)cc2)nc2ccccc12)C(N)=O. The van der Waals surface area contributed by atoms with Crippen LogP contribution in [0.25, 0.3) is 22.0 Å². The fraction of sp³-hybridized carbons (Fsp3) is 0.214. The molecule has 0 spiro atoms.